The summed E-state index contributed by atoms with van der Waals surface area (Å²) in [5.41, 5.74) is 0.647. The number of ether oxygens (including phenoxy) is 1. The molecule has 1 aromatic rings. The average molecular weight is 344 g/mol. The largest absolute Gasteiger partial charge is 0.504 e. The van der Waals surface area contributed by atoms with Crippen molar-refractivity contribution >= 4 is 44.9 Å². The van der Waals surface area contributed by atoms with Crippen molar-refractivity contribution in [1.29, 1.82) is 0 Å². The number of thioether (sulfide) groups is 1. The van der Waals surface area contributed by atoms with E-state index in [0.717, 1.165) is 16.7 Å². The smallest absolute Gasteiger partial charge is 0.293 e. The highest BCUT2D eigenvalue weighted by Crippen LogP contribution is 2.36. The summed E-state index contributed by atoms with van der Waals surface area (Å²) in [5, 5.41) is 9.30. The molecule has 100 valence electrons. The Labute approximate surface area is 122 Å². The predicted molar refractivity (Wildman–Crippen MR) is 76.1 cm³/mol. The molecule has 2 rings (SSSR count). The Kier molecular flexibility index (Phi) is 3.86. The van der Waals surface area contributed by atoms with E-state index in [1.54, 1.807) is 12.1 Å². The lowest BCUT2D eigenvalue weighted by molar-refractivity contribution is -0.121. The van der Waals surface area contributed by atoms with Gasteiger partial charge in [-0.05, 0) is 35.5 Å². The molecule has 7 heteroatoms. The van der Waals surface area contributed by atoms with Crippen LogP contribution in [-0.2, 0) is 4.79 Å². The molecule has 0 unspecified atom stereocenters. The fourth-order valence-electron chi connectivity index (χ4n) is 1.52. The standard InChI is InChI=1S/C12H10BrNO4S/c1-14-11(16)10(19-12(14)17)4-6-3-9(18-2)8(15)5-7(6)13/h3-5,15H,1-2H3. The second-order valence-electron chi connectivity index (χ2n) is 3.79. The topological polar surface area (TPSA) is 66.8 Å². The Morgan fingerprint density at radius 2 is 2.11 bits per heavy atom. The van der Waals surface area contributed by atoms with Gasteiger partial charge in [0.2, 0.25) is 0 Å². The van der Waals surface area contributed by atoms with Crippen LogP contribution in [0.15, 0.2) is 21.5 Å². The van der Waals surface area contributed by atoms with E-state index in [0.29, 0.717) is 20.7 Å². The molecule has 1 aliphatic rings. The van der Waals surface area contributed by atoms with Gasteiger partial charge in [0.15, 0.2) is 11.5 Å². The summed E-state index contributed by atoms with van der Waals surface area (Å²) < 4.78 is 5.61. The number of phenolic OH excluding ortho intramolecular Hbond substituents is 1. The second kappa shape index (κ2) is 5.26. The number of likely N-dealkylation sites (N-methyl/N-ethyl adjacent to an activating group) is 1. The van der Waals surface area contributed by atoms with Crippen molar-refractivity contribution < 1.29 is 19.4 Å². The van der Waals surface area contributed by atoms with E-state index >= 15 is 0 Å². The summed E-state index contributed by atoms with van der Waals surface area (Å²) in [5.74, 6) is -0.0470. The van der Waals surface area contributed by atoms with Crippen molar-refractivity contribution in [2.75, 3.05) is 14.2 Å². The summed E-state index contributed by atoms with van der Waals surface area (Å²) in [6.07, 6.45) is 1.58. The maximum atomic E-state index is 11.8. The quantitative estimate of drug-likeness (QED) is 0.836. The summed E-state index contributed by atoms with van der Waals surface area (Å²) in [6, 6.07) is 3.06. The fraction of sp³-hybridized carbons (Fsp3) is 0.167. The maximum Gasteiger partial charge on any atom is 0.293 e. The molecular weight excluding hydrogens is 334 g/mol. The monoisotopic (exact) mass is 343 g/mol. The molecule has 1 saturated heterocycles. The number of phenols is 1. The normalized spacial score (nSPS) is 17.4. The minimum Gasteiger partial charge on any atom is -0.504 e. The molecular formula is C12H10BrNO4S. The Balaban J connectivity index is 2.44. The summed E-state index contributed by atoms with van der Waals surface area (Å²) in [7, 11) is 2.87. The number of rotatable bonds is 2. The first kappa shape index (κ1) is 14.0. The van der Waals surface area contributed by atoms with Gasteiger partial charge >= 0.3 is 0 Å². The molecule has 0 radical (unpaired) electrons. The number of carbonyl (C=O) groups excluding carboxylic acids is 2. The van der Waals surface area contributed by atoms with Gasteiger partial charge < -0.3 is 9.84 Å². The van der Waals surface area contributed by atoms with Gasteiger partial charge in [-0.2, -0.15) is 0 Å². The van der Waals surface area contributed by atoms with Crippen molar-refractivity contribution in [3.05, 3.63) is 27.1 Å². The number of methoxy groups -OCH3 is 1. The Hall–Kier alpha value is -1.47. The zero-order chi connectivity index (χ0) is 14.2. The molecule has 1 heterocycles. The van der Waals surface area contributed by atoms with Gasteiger partial charge in [-0.1, -0.05) is 15.9 Å². The highest BCUT2D eigenvalue weighted by Gasteiger charge is 2.31. The molecule has 5 nitrogen and oxygen atoms in total. The Morgan fingerprint density at radius 1 is 1.42 bits per heavy atom. The first-order valence-electron chi connectivity index (χ1n) is 5.22. The minimum atomic E-state index is -0.339. The van der Waals surface area contributed by atoms with Gasteiger partial charge in [-0.15, -0.1) is 0 Å². The molecule has 2 amide bonds. The third-order valence-corrected chi connectivity index (χ3v) is 4.22. The lowest BCUT2D eigenvalue weighted by Crippen LogP contribution is -2.22. The van der Waals surface area contributed by atoms with Gasteiger partial charge in [0.25, 0.3) is 11.1 Å². The second-order valence-corrected chi connectivity index (χ2v) is 5.63. The number of hydrogen-bond acceptors (Lipinski definition) is 5. The van der Waals surface area contributed by atoms with E-state index in [4.69, 9.17) is 4.74 Å². The van der Waals surface area contributed by atoms with Gasteiger partial charge in [0, 0.05) is 11.5 Å². The van der Waals surface area contributed by atoms with Crippen LogP contribution in [0.1, 0.15) is 5.56 Å². The van der Waals surface area contributed by atoms with Crippen molar-refractivity contribution in [3.63, 3.8) is 0 Å². The molecule has 0 spiro atoms. The first-order valence-corrected chi connectivity index (χ1v) is 6.83. The molecule has 0 atom stereocenters. The number of nitrogens with zero attached hydrogens (tertiary/aromatic N) is 1. The molecule has 1 aliphatic heterocycles. The van der Waals surface area contributed by atoms with Crippen LogP contribution >= 0.6 is 27.7 Å². The van der Waals surface area contributed by atoms with Gasteiger partial charge in [-0.25, -0.2) is 0 Å². The minimum absolute atomic E-state index is 0.00452. The van der Waals surface area contributed by atoms with Crippen molar-refractivity contribution in [1.82, 2.24) is 4.90 Å². The Morgan fingerprint density at radius 3 is 2.63 bits per heavy atom. The number of amides is 2. The maximum absolute atomic E-state index is 11.8. The molecule has 19 heavy (non-hydrogen) atoms. The van der Waals surface area contributed by atoms with E-state index in [1.807, 2.05) is 0 Å². The Bertz CT molecular complexity index is 600. The zero-order valence-electron chi connectivity index (χ0n) is 10.1. The molecule has 0 bridgehead atoms. The summed E-state index contributed by atoms with van der Waals surface area (Å²) in [4.78, 5) is 24.6. The number of halogens is 1. The van der Waals surface area contributed by atoms with Crippen LogP contribution < -0.4 is 4.74 Å². The molecule has 0 aliphatic carbocycles. The van der Waals surface area contributed by atoms with Gasteiger partial charge in [0.1, 0.15) is 0 Å². The number of aromatic hydroxyl groups is 1. The SMILES string of the molecule is COc1cc(C=C2SC(=O)N(C)C2=O)c(Br)cc1O. The van der Waals surface area contributed by atoms with Crippen molar-refractivity contribution in [2.45, 2.75) is 0 Å². The van der Waals surface area contributed by atoms with Crippen molar-refractivity contribution in [3.8, 4) is 11.5 Å². The number of carbonyl (C=O) groups is 2. The van der Waals surface area contributed by atoms with Gasteiger partial charge in [0.05, 0.1) is 12.0 Å². The zero-order valence-corrected chi connectivity index (χ0v) is 12.5. The van der Waals surface area contributed by atoms with Crippen LogP contribution in [0.4, 0.5) is 4.79 Å². The molecule has 1 fully saturated rings. The van der Waals surface area contributed by atoms with Crippen LogP contribution in [0.25, 0.3) is 6.08 Å². The van der Waals surface area contributed by atoms with E-state index in [9.17, 15) is 14.7 Å². The molecule has 0 saturated carbocycles. The van der Waals surface area contributed by atoms with E-state index in [-0.39, 0.29) is 16.9 Å². The average Bonchev–Trinajstić information content (AvgIpc) is 2.60. The van der Waals surface area contributed by atoms with Crippen LogP contribution in [0.5, 0.6) is 11.5 Å². The van der Waals surface area contributed by atoms with Crippen LogP contribution in [0, 0.1) is 0 Å². The molecule has 1 aromatic carbocycles. The highest BCUT2D eigenvalue weighted by atomic mass is 79.9. The third-order valence-electron chi connectivity index (χ3n) is 2.57. The number of benzene rings is 1. The lowest BCUT2D eigenvalue weighted by Gasteiger charge is -2.07. The fourth-order valence-corrected chi connectivity index (χ4v) is 2.78. The molecule has 0 aromatic heterocycles. The van der Waals surface area contributed by atoms with Crippen LogP contribution in [0.2, 0.25) is 0 Å². The summed E-state index contributed by atoms with van der Waals surface area (Å²) in [6.45, 7) is 0. The van der Waals surface area contributed by atoms with E-state index in [1.165, 1.54) is 20.2 Å². The van der Waals surface area contributed by atoms with Crippen molar-refractivity contribution in [2.24, 2.45) is 0 Å². The van der Waals surface area contributed by atoms with E-state index < -0.39 is 0 Å². The summed E-state index contributed by atoms with van der Waals surface area (Å²) >= 11 is 4.17. The lowest BCUT2D eigenvalue weighted by atomic mass is 10.2. The molecule has 1 N–H and O–H groups in total. The number of imide groups is 1. The predicted octanol–water partition coefficient (Wildman–Crippen LogP) is 2.83. The van der Waals surface area contributed by atoms with Crippen LogP contribution in [-0.4, -0.2) is 35.3 Å². The highest BCUT2D eigenvalue weighted by molar-refractivity contribution is 9.10. The van der Waals surface area contributed by atoms with Gasteiger partial charge in [-0.3, -0.25) is 14.5 Å². The first-order chi connectivity index (χ1) is 8.93. The number of hydrogen-bond donors (Lipinski definition) is 1. The van der Waals surface area contributed by atoms with Crippen LogP contribution in [0.3, 0.4) is 0 Å². The van der Waals surface area contributed by atoms with E-state index in [2.05, 4.69) is 15.9 Å². The third kappa shape index (κ3) is 2.62.